The molecule has 0 radical (unpaired) electrons. The standard InChI is InChI=1S/C16H17N7O/c1-2-3-7-16(22-23-16)8-4-14(24)18-11-13-19-15(21-20-13)12-5-9-17-10-6-12/h1,5-6,9-10H,3-4,7-8,11H2,(H,18,24)(H,19,20,21). The number of nitrogens with one attached hydrogen (secondary N) is 2. The van der Waals surface area contributed by atoms with Crippen LogP contribution in [0.15, 0.2) is 34.8 Å². The zero-order chi connectivity index (χ0) is 16.8. The van der Waals surface area contributed by atoms with Gasteiger partial charge in [-0.25, -0.2) is 4.98 Å². The van der Waals surface area contributed by atoms with Gasteiger partial charge in [0.25, 0.3) is 0 Å². The van der Waals surface area contributed by atoms with Crippen LogP contribution in [0.25, 0.3) is 11.4 Å². The minimum Gasteiger partial charge on any atom is -0.349 e. The second-order valence-electron chi connectivity index (χ2n) is 5.50. The lowest BCUT2D eigenvalue weighted by Crippen LogP contribution is -2.25. The fraction of sp³-hybridized carbons (Fsp3) is 0.375. The molecule has 1 amide bonds. The molecule has 8 heteroatoms. The summed E-state index contributed by atoms with van der Waals surface area (Å²) in [5, 5.41) is 17.8. The van der Waals surface area contributed by atoms with Crippen molar-refractivity contribution < 1.29 is 4.79 Å². The van der Waals surface area contributed by atoms with Crippen LogP contribution in [-0.4, -0.2) is 31.7 Å². The normalized spacial score (nSPS) is 14.1. The molecule has 0 bridgehead atoms. The van der Waals surface area contributed by atoms with Gasteiger partial charge in [0.2, 0.25) is 5.91 Å². The number of H-pyrrole nitrogens is 1. The maximum absolute atomic E-state index is 11.9. The van der Waals surface area contributed by atoms with Gasteiger partial charge in [0.1, 0.15) is 5.82 Å². The quantitative estimate of drug-likeness (QED) is 0.722. The summed E-state index contributed by atoms with van der Waals surface area (Å²) in [6.45, 7) is 0.294. The lowest BCUT2D eigenvalue weighted by atomic mass is 10.0. The Kier molecular flexibility index (Phi) is 4.61. The van der Waals surface area contributed by atoms with Crippen molar-refractivity contribution in [1.29, 1.82) is 0 Å². The molecular formula is C16H17N7O. The molecule has 0 aliphatic carbocycles. The summed E-state index contributed by atoms with van der Waals surface area (Å²) in [5.41, 5.74) is 0.441. The molecule has 0 spiro atoms. The number of aromatic nitrogens is 4. The molecule has 3 rings (SSSR count). The van der Waals surface area contributed by atoms with Gasteiger partial charge in [-0.15, -0.1) is 12.3 Å². The number of amides is 1. The zero-order valence-corrected chi connectivity index (χ0v) is 13.1. The average Bonchev–Trinajstić information content (AvgIpc) is 3.23. The Morgan fingerprint density at radius 1 is 1.29 bits per heavy atom. The van der Waals surface area contributed by atoms with Crippen LogP contribution in [0.5, 0.6) is 0 Å². The van der Waals surface area contributed by atoms with Gasteiger partial charge in [0.15, 0.2) is 11.5 Å². The van der Waals surface area contributed by atoms with Crippen LogP contribution in [0, 0.1) is 12.3 Å². The molecule has 0 saturated carbocycles. The third kappa shape index (κ3) is 4.01. The second-order valence-corrected chi connectivity index (χ2v) is 5.50. The van der Waals surface area contributed by atoms with E-state index in [9.17, 15) is 4.79 Å². The van der Waals surface area contributed by atoms with Gasteiger partial charge in [0.05, 0.1) is 6.54 Å². The lowest BCUT2D eigenvalue weighted by Gasteiger charge is -2.08. The van der Waals surface area contributed by atoms with Crippen molar-refractivity contribution in [3.8, 4) is 23.7 Å². The van der Waals surface area contributed by atoms with E-state index in [1.165, 1.54) is 0 Å². The SMILES string of the molecule is C#CCCC1(CCC(=O)NCc2nc(-c3ccncc3)n[nH]2)N=N1. The van der Waals surface area contributed by atoms with Crippen LogP contribution in [0.1, 0.15) is 31.5 Å². The summed E-state index contributed by atoms with van der Waals surface area (Å²) < 4.78 is 0. The minimum absolute atomic E-state index is 0.0748. The number of carbonyl (C=O) groups excluding carboxylic acids is 1. The molecule has 1 aliphatic heterocycles. The molecule has 2 N–H and O–H groups in total. The third-order valence-electron chi connectivity index (χ3n) is 3.73. The topological polar surface area (TPSA) is 108 Å². The molecule has 24 heavy (non-hydrogen) atoms. The van der Waals surface area contributed by atoms with Crippen molar-refractivity contribution in [2.24, 2.45) is 10.2 Å². The first kappa shape index (κ1) is 15.8. The van der Waals surface area contributed by atoms with Crippen molar-refractivity contribution in [3.63, 3.8) is 0 Å². The number of hydrogen-bond donors (Lipinski definition) is 2. The summed E-state index contributed by atoms with van der Waals surface area (Å²) >= 11 is 0. The second kappa shape index (κ2) is 7.00. The maximum atomic E-state index is 11.9. The number of rotatable bonds is 8. The third-order valence-corrected chi connectivity index (χ3v) is 3.73. The van der Waals surface area contributed by atoms with Crippen LogP contribution in [0.4, 0.5) is 0 Å². The molecule has 1 aliphatic rings. The van der Waals surface area contributed by atoms with E-state index in [2.05, 4.69) is 41.6 Å². The highest BCUT2D eigenvalue weighted by atomic mass is 16.1. The first-order valence-electron chi connectivity index (χ1n) is 7.67. The highest BCUT2D eigenvalue weighted by Crippen LogP contribution is 2.37. The van der Waals surface area contributed by atoms with Crippen molar-refractivity contribution >= 4 is 5.91 Å². The van der Waals surface area contributed by atoms with Gasteiger partial charge in [0, 0.05) is 43.6 Å². The average molecular weight is 323 g/mol. The molecule has 0 atom stereocenters. The van der Waals surface area contributed by atoms with Crippen molar-refractivity contribution in [1.82, 2.24) is 25.5 Å². The number of nitrogens with zero attached hydrogens (tertiary/aromatic N) is 5. The number of pyridine rings is 1. The summed E-state index contributed by atoms with van der Waals surface area (Å²) in [7, 11) is 0. The molecule has 0 aromatic carbocycles. The van der Waals surface area contributed by atoms with E-state index < -0.39 is 5.66 Å². The van der Waals surface area contributed by atoms with Gasteiger partial charge in [-0.3, -0.25) is 14.9 Å². The van der Waals surface area contributed by atoms with E-state index in [4.69, 9.17) is 6.42 Å². The van der Waals surface area contributed by atoms with Crippen LogP contribution in [0.2, 0.25) is 0 Å². The molecule has 122 valence electrons. The van der Waals surface area contributed by atoms with Crippen LogP contribution in [0.3, 0.4) is 0 Å². The lowest BCUT2D eigenvalue weighted by molar-refractivity contribution is -0.121. The van der Waals surface area contributed by atoms with Crippen LogP contribution in [-0.2, 0) is 11.3 Å². The van der Waals surface area contributed by atoms with Gasteiger partial charge in [-0.1, -0.05) is 0 Å². The fourth-order valence-electron chi connectivity index (χ4n) is 2.26. The smallest absolute Gasteiger partial charge is 0.220 e. The fourth-order valence-corrected chi connectivity index (χ4v) is 2.26. The van der Waals surface area contributed by atoms with E-state index in [0.717, 1.165) is 5.56 Å². The Labute approximate surface area is 139 Å². The Morgan fingerprint density at radius 3 is 2.79 bits per heavy atom. The Morgan fingerprint density at radius 2 is 2.08 bits per heavy atom. The Balaban J connectivity index is 1.44. The van der Waals surface area contributed by atoms with E-state index in [1.807, 2.05) is 12.1 Å². The maximum Gasteiger partial charge on any atom is 0.220 e. The van der Waals surface area contributed by atoms with E-state index in [1.54, 1.807) is 12.4 Å². The molecule has 2 aromatic rings. The molecule has 8 nitrogen and oxygen atoms in total. The molecule has 0 unspecified atom stereocenters. The highest BCUT2D eigenvalue weighted by Gasteiger charge is 2.39. The van der Waals surface area contributed by atoms with Gasteiger partial charge in [-0.2, -0.15) is 15.3 Å². The highest BCUT2D eigenvalue weighted by molar-refractivity contribution is 5.75. The predicted octanol–water partition coefficient (Wildman–Crippen LogP) is 1.84. The minimum atomic E-state index is -0.426. The van der Waals surface area contributed by atoms with E-state index in [-0.39, 0.29) is 5.91 Å². The first-order chi connectivity index (χ1) is 11.7. The van der Waals surface area contributed by atoms with Gasteiger partial charge < -0.3 is 5.32 Å². The summed E-state index contributed by atoms with van der Waals surface area (Å²) in [5.74, 6) is 3.67. The van der Waals surface area contributed by atoms with Gasteiger partial charge >= 0.3 is 0 Å². The summed E-state index contributed by atoms with van der Waals surface area (Å²) in [6, 6.07) is 3.65. The van der Waals surface area contributed by atoms with E-state index in [0.29, 0.717) is 43.9 Å². The first-order valence-corrected chi connectivity index (χ1v) is 7.67. The number of aromatic amines is 1. The summed E-state index contributed by atoms with van der Waals surface area (Å²) in [4.78, 5) is 20.2. The van der Waals surface area contributed by atoms with Crippen molar-refractivity contribution in [3.05, 3.63) is 30.4 Å². The van der Waals surface area contributed by atoms with Crippen LogP contribution >= 0.6 is 0 Å². The van der Waals surface area contributed by atoms with Crippen molar-refractivity contribution in [2.45, 2.75) is 37.9 Å². The molecule has 3 heterocycles. The molecule has 0 saturated heterocycles. The molecule has 2 aromatic heterocycles. The number of hydrogen-bond acceptors (Lipinski definition) is 6. The Bertz CT molecular complexity index is 769. The van der Waals surface area contributed by atoms with E-state index >= 15 is 0 Å². The van der Waals surface area contributed by atoms with Gasteiger partial charge in [-0.05, 0) is 12.1 Å². The predicted molar refractivity (Wildman–Crippen MR) is 86.3 cm³/mol. The zero-order valence-electron chi connectivity index (χ0n) is 13.1. The van der Waals surface area contributed by atoms with Crippen LogP contribution < -0.4 is 5.32 Å². The number of carbonyl (C=O) groups is 1. The van der Waals surface area contributed by atoms with Crippen molar-refractivity contribution in [2.75, 3.05) is 0 Å². The largest absolute Gasteiger partial charge is 0.349 e. The summed E-state index contributed by atoms with van der Waals surface area (Å²) in [6.07, 6.45) is 10.8. The monoisotopic (exact) mass is 323 g/mol. The molecular weight excluding hydrogens is 306 g/mol. The molecule has 0 fully saturated rings. The number of terminal acetylenes is 1. The Hall–Kier alpha value is -3.08.